The van der Waals surface area contributed by atoms with E-state index in [9.17, 15) is 9.59 Å². The van der Waals surface area contributed by atoms with Gasteiger partial charge in [0.25, 0.3) is 0 Å². The molecule has 2 amide bonds. The van der Waals surface area contributed by atoms with Gasteiger partial charge >= 0.3 is 0 Å². The van der Waals surface area contributed by atoms with E-state index in [-0.39, 0.29) is 17.7 Å². The topological polar surface area (TPSA) is 59.1 Å². The molecule has 1 aliphatic rings. The van der Waals surface area contributed by atoms with E-state index in [1.807, 2.05) is 41.3 Å². The molecule has 2 aromatic carbocycles. The lowest BCUT2D eigenvalue weighted by molar-refractivity contribution is -0.134. The van der Waals surface area contributed by atoms with E-state index >= 15 is 0 Å². The molecular weight excluding hydrogens is 368 g/mol. The number of rotatable bonds is 6. The quantitative estimate of drug-likeness (QED) is 0.753. The number of hydrogen-bond donors (Lipinski definition) is 0. The Kier molecular flexibility index (Phi) is 6.75. The molecule has 1 fully saturated rings. The zero-order valence-corrected chi connectivity index (χ0v) is 17.3. The first-order valence-electron chi connectivity index (χ1n) is 9.84. The molecule has 1 unspecified atom stereocenters. The highest BCUT2D eigenvalue weighted by atomic mass is 16.5. The molecule has 1 heterocycles. The van der Waals surface area contributed by atoms with Gasteiger partial charge in [-0.1, -0.05) is 30.3 Å². The Labute approximate surface area is 172 Å². The third kappa shape index (κ3) is 4.88. The van der Waals surface area contributed by atoms with Gasteiger partial charge in [0.15, 0.2) is 11.5 Å². The average molecular weight is 396 g/mol. The standard InChI is InChI=1S/C23H28N2O4/c1-24(19-11-12-20(28-2)21(15-19)29-3)23(27)18-10-7-13-25(16-18)22(26)14-17-8-5-4-6-9-17/h4-6,8-9,11-12,15,18H,7,10,13-14,16H2,1-3H3. The van der Waals surface area contributed by atoms with Crippen molar-refractivity contribution in [2.75, 3.05) is 39.3 Å². The van der Waals surface area contributed by atoms with Gasteiger partial charge in [-0.15, -0.1) is 0 Å². The van der Waals surface area contributed by atoms with E-state index in [0.29, 0.717) is 31.0 Å². The van der Waals surface area contributed by atoms with Gasteiger partial charge in [0.1, 0.15) is 0 Å². The van der Waals surface area contributed by atoms with Crippen LogP contribution in [0, 0.1) is 5.92 Å². The van der Waals surface area contributed by atoms with Crippen molar-refractivity contribution in [2.45, 2.75) is 19.3 Å². The number of ether oxygens (including phenoxy) is 2. The molecule has 0 bridgehead atoms. The number of amides is 2. The van der Waals surface area contributed by atoms with Crippen molar-refractivity contribution in [3.8, 4) is 11.5 Å². The van der Waals surface area contributed by atoms with Crippen molar-refractivity contribution in [3.05, 3.63) is 54.1 Å². The zero-order chi connectivity index (χ0) is 20.8. The molecule has 0 aliphatic carbocycles. The van der Waals surface area contributed by atoms with Crippen molar-refractivity contribution in [1.29, 1.82) is 0 Å². The van der Waals surface area contributed by atoms with Crippen molar-refractivity contribution >= 4 is 17.5 Å². The summed E-state index contributed by atoms with van der Waals surface area (Å²) in [5, 5.41) is 0. The van der Waals surface area contributed by atoms with Gasteiger partial charge in [-0.2, -0.15) is 0 Å². The minimum Gasteiger partial charge on any atom is -0.493 e. The molecule has 2 aromatic rings. The van der Waals surface area contributed by atoms with Crippen molar-refractivity contribution in [3.63, 3.8) is 0 Å². The molecule has 6 heteroatoms. The monoisotopic (exact) mass is 396 g/mol. The van der Waals surface area contributed by atoms with Crippen LogP contribution >= 0.6 is 0 Å². The number of benzene rings is 2. The van der Waals surface area contributed by atoms with Crippen molar-refractivity contribution in [2.24, 2.45) is 5.92 Å². The van der Waals surface area contributed by atoms with Gasteiger partial charge in [0, 0.05) is 31.9 Å². The molecule has 1 aliphatic heterocycles. The summed E-state index contributed by atoms with van der Waals surface area (Å²) >= 11 is 0. The number of carbonyl (C=O) groups is 2. The Bertz CT molecular complexity index is 853. The first-order valence-corrected chi connectivity index (χ1v) is 9.84. The Balaban J connectivity index is 1.66. The van der Waals surface area contributed by atoms with E-state index in [4.69, 9.17) is 9.47 Å². The summed E-state index contributed by atoms with van der Waals surface area (Å²) in [5.74, 6) is 1.07. The second-order valence-electron chi connectivity index (χ2n) is 7.28. The summed E-state index contributed by atoms with van der Waals surface area (Å²) in [4.78, 5) is 29.3. The Morgan fingerprint density at radius 3 is 2.48 bits per heavy atom. The van der Waals surface area contributed by atoms with Crippen molar-refractivity contribution < 1.29 is 19.1 Å². The number of nitrogens with zero attached hydrogens (tertiary/aromatic N) is 2. The minimum atomic E-state index is -0.207. The second-order valence-corrected chi connectivity index (χ2v) is 7.28. The predicted molar refractivity (Wildman–Crippen MR) is 112 cm³/mol. The summed E-state index contributed by atoms with van der Waals surface area (Å²) in [5.41, 5.74) is 1.73. The number of methoxy groups -OCH3 is 2. The lowest BCUT2D eigenvalue weighted by Gasteiger charge is -2.34. The average Bonchev–Trinajstić information content (AvgIpc) is 2.78. The number of likely N-dealkylation sites (tertiary alicyclic amines) is 1. The van der Waals surface area contributed by atoms with Crippen molar-refractivity contribution in [1.82, 2.24) is 4.90 Å². The fourth-order valence-corrected chi connectivity index (χ4v) is 3.72. The van der Waals surface area contributed by atoms with Crippen LogP contribution < -0.4 is 14.4 Å². The lowest BCUT2D eigenvalue weighted by atomic mass is 9.95. The highest BCUT2D eigenvalue weighted by Gasteiger charge is 2.30. The molecule has 0 radical (unpaired) electrons. The summed E-state index contributed by atoms with van der Waals surface area (Å²) in [7, 11) is 4.91. The lowest BCUT2D eigenvalue weighted by Crippen LogP contribution is -2.46. The zero-order valence-electron chi connectivity index (χ0n) is 17.3. The molecular formula is C23H28N2O4. The molecule has 1 saturated heterocycles. The molecule has 1 atom stereocenters. The summed E-state index contributed by atoms with van der Waals surface area (Å²) < 4.78 is 10.6. The Morgan fingerprint density at radius 1 is 1.07 bits per heavy atom. The second kappa shape index (κ2) is 9.45. The van der Waals surface area contributed by atoms with E-state index in [1.165, 1.54) is 0 Å². The van der Waals surface area contributed by atoms with Crippen LogP contribution in [0.25, 0.3) is 0 Å². The predicted octanol–water partition coefficient (Wildman–Crippen LogP) is 3.15. The van der Waals surface area contributed by atoms with Gasteiger partial charge in [-0.3, -0.25) is 9.59 Å². The fraction of sp³-hybridized carbons (Fsp3) is 0.391. The summed E-state index contributed by atoms with van der Waals surface area (Å²) in [6, 6.07) is 15.1. The maximum Gasteiger partial charge on any atom is 0.231 e. The van der Waals surface area contributed by atoms with Crippen LogP contribution in [0.5, 0.6) is 11.5 Å². The van der Waals surface area contributed by atoms with E-state index in [0.717, 1.165) is 24.1 Å². The molecule has 0 saturated carbocycles. The van der Waals surface area contributed by atoms with Gasteiger partial charge in [0.05, 0.1) is 26.6 Å². The first-order chi connectivity index (χ1) is 14.0. The van der Waals surface area contributed by atoms with Crippen LogP contribution in [0.3, 0.4) is 0 Å². The van der Waals surface area contributed by atoms with Crippen LogP contribution in [0.1, 0.15) is 18.4 Å². The minimum absolute atomic E-state index is 0.00873. The molecule has 0 aromatic heterocycles. The van der Waals surface area contributed by atoms with Crippen LogP contribution in [-0.4, -0.2) is 51.1 Å². The number of anilines is 1. The number of carbonyl (C=O) groups excluding carboxylic acids is 2. The Morgan fingerprint density at radius 2 is 1.79 bits per heavy atom. The van der Waals surface area contributed by atoms with Crippen LogP contribution in [0.15, 0.2) is 48.5 Å². The van der Waals surface area contributed by atoms with E-state index in [2.05, 4.69) is 0 Å². The summed E-state index contributed by atoms with van der Waals surface area (Å²) in [6.07, 6.45) is 1.98. The highest BCUT2D eigenvalue weighted by Crippen LogP contribution is 2.32. The van der Waals surface area contributed by atoms with Gasteiger partial charge < -0.3 is 19.3 Å². The third-order valence-electron chi connectivity index (χ3n) is 5.41. The SMILES string of the molecule is COc1ccc(N(C)C(=O)C2CCCN(C(=O)Cc3ccccc3)C2)cc1OC. The largest absolute Gasteiger partial charge is 0.493 e. The van der Waals surface area contributed by atoms with Crippen LogP contribution in [0.2, 0.25) is 0 Å². The number of hydrogen-bond acceptors (Lipinski definition) is 4. The summed E-state index contributed by atoms with van der Waals surface area (Å²) in [6.45, 7) is 1.16. The smallest absolute Gasteiger partial charge is 0.231 e. The third-order valence-corrected chi connectivity index (χ3v) is 5.41. The molecule has 0 N–H and O–H groups in total. The first kappa shape index (κ1) is 20.7. The fourth-order valence-electron chi connectivity index (χ4n) is 3.72. The maximum atomic E-state index is 13.1. The van der Waals surface area contributed by atoms with Gasteiger partial charge in [0.2, 0.25) is 11.8 Å². The maximum absolute atomic E-state index is 13.1. The molecule has 0 spiro atoms. The number of piperidine rings is 1. The van der Waals surface area contributed by atoms with Crippen LogP contribution in [-0.2, 0) is 16.0 Å². The highest BCUT2D eigenvalue weighted by molar-refractivity contribution is 5.95. The van der Waals surface area contributed by atoms with Crippen LogP contribution in [0.4, 0.5) is 5.69 Å². The molecule has 29 heavy (non-hydrogen) atoms. The normalized spacial score (nSPS) is 16.2. The van der Waals surface area contributed by atoms with E-state index in [1.54, 1.807) is 38.3 Å². The van der Waals surface area contributed by atoms with Gasteiger partial charge in [-0.05, 0) is 30.5 Å². The van der Waals surface area contributed by atoms with Gasteiger partial charge in [-0.25, -0.2) is 0 Å². The molecule has 154 valence electrons. The Hall–Kier alpha value is -3.02. The molecule has 3 rings (SSSR count). The molecule has 6 nitrogen and oxygen atoms in total. The van der Waals surface area contributed by atoms with E-state index < -0.39 is 0 Å².